The highest BCUT2D eigenvalue weighted by Gasteiger charge is 2.34. The maximum atomic E-state index is 12.9. The van der Waals surface area contributed by atoms with Crippen molar-refractivity contribution in [3.05, 3.63) is 53.1 Å². The number of benzene rings is 2. The number of amides is 1. The summed E-state index contributed by atoms with van der Waals surface area (Å²) in [5, 5.41) is 0. The number of ether oxygens (including phenoxy) is 3. The first-order chi connectivity index (χ1) is 13.0. The fourth-order valence-electron chi connectivity index (χ4n) is 3.66. The van der Waals surface area contributed by atoms with Crippen molar-refractivity contribution in [2.75, 3.05) is 27.9 Å². The summed E-state index contributed by atoms with van der Waals surface area (Å²) in [6, 6.07) is 11.8. The predicted molar refractivity (Wildman–Crippen MR) is 105 cm³/mol. The molecular formula is C22H27NO4. The van der Waals surface area contributed by atoms with E-state index in [1.165, 1.54) is 5.56 Å². The van der Waals surface area contributed by atoms with Crippen LogP contribution >= 0.6 is 0 Å². The number of rotatable bonds is 5. The second-order valence-electron chi connectivity index (χ2n) is 7.02. The lowest BCUT2D eigenvalue weighted by molar-refractivity contribution is -0.136. The summed E-state index contributed by atoms with van der Waals surface area (Å²) in [7, 11) is 4.92. The molecule has 0 saturated carbocycles. The number of nitrogens with zero attached hydrogens (tertiary/aromatic N) is 1. The smallest absolute Gasteiger partial charge is 0.225 e. The molecule has 1 aliphatic rings. The quantitative estimate of drug-likeness (QED) is 0.803. The van der Waals surface area contributed by atoms with Gasteiger partial charge in [0.2, 0.25) is 5.91 Å². The number of carbonyl (C=O) groups excluding carboxylic acids is 1. The lowest BCUT2D eigenvalue weighted by atomic mass is 9.87. The van der Waals surface area contributed by atoms with E-state index in [0.29, 0.717) is 18.0 Å². The first-order valence-corrected chi connectivity index (χ1v) is 9.19. The molecule has 144 valence electrons. The Kier molecular flexibility index (Phi) is 5.59. The van der Waals surface area contributed by atoms with Gasteiger partial charge >= 0.3 is 0 Å². The Bertz CT molecular complexity index is 814. The van der Waals surface area contributed by atoms with Crippen LogP contribution in [-0.4, -0.2) is 38.7 Å². The summed E-state index contributed by atoms with van der Waals surface area (Å²) in [5.74, 6) is 2.27. The van der Waals surface area contributed by atoms with Crippen LogP contribution in [0.3, 0.4) is 0 Å². The van der Waals surface area contributed by atoms with E-state index in [0.717, 1.165) is 23.3 Å². The van der Waals surface area contributed by atoms with E-state index in [9.17, 15) is 4.79 Å². The Labute approximate surface area is 160 Å². The van der Waals surface area contributed by atoms with Gasteiger partial charge in [-0.2, -0.15) is 0 Å². The van der Waals surface area contributed by atoms with Gasteiger partial charge in [-0.15, -0.1) is 0 Å². The Morgan fingerprint density at radius 3 is 2.19 bits per heavy atom. The zero-order chi connectivity index (χ0) is 19.6. The molecule has 0 spiro atoms. The average Bonchev–Trinajstić information content (AvgIpc) is 2.71. The van der Waals surface area contributed by atoms with Gasteiger partial charge in [0.1, 0.15) is 5.75 Å². The highest BCUT2D eigenvalue weighted by Crippen LogP contribution is 2.41. The van der Waals surface area contributed by atoms with Crippen LogP contribution in [0.4, 0.5) is 0 Å². The normalized spacial score (nSPS) is 16.1. The van der Waals surface area contributed by atoms with Gasteiger partial charge in [0, 0.05) is 12.5 Å². The van der Waals surface area contributed by atoms with Gasteiger partial charge < -0.3 is 19.1 Å². The number of fused-ring (bicyclic) bond motifs is 1. The molecule has 2 aromatic carbocycles. The molecule has 0 radical (unpaired) electrons. The second-order valence-corrected chi connectivity index (χ2v) is 7.02. The minimum absolute atomic E-state index is 0.0626. The van der Waals surface area contributed by atoms with E-state index in [4.69, 9.17) is 14.2 Å². The van der Waals surface area contributed by atoms with Crippen molar-refractivity contribution < 1.29 is 19.0 Å². The van der Waals surface area contributed by atoms with Crippen LogP contribution in [0.25, 0.3) is 0 Å². The first kappa shape index (κ1) is 19.1. The van der Waals surface area contributed by atoms with Gasteiger partial charge in [-0.1, -0.05) is 26.0 Å². The minimum Gasteiger partial charge on any atom is -0.497 e. The van der Waals surface area contributed by atoms with Crippen LogP contribution in [-0.2, 0) is 11.2 Å². The van der Waals surface area contributed by atoms with Gasteiger partial charge in [0.05, 0.1) is 27.4 Å². The molecule has 2 aromatic rings. The average molecular weight is 369 g/mol. The molecule has 1 aliphatic heterocycles. The summed E-state index contributed by atoms with van der Waals surface area (Å²) in [6.45, 7) is 4.56. The van der Waals surface area contributed by atoms with Crippen LogP contribution in [0.15, 0.2) is 36.4 Å². The SMILES string of the molecule is COc1ccc(C2c3cc(OC)c(OC)cc3CCN2C(=O)C(C)C)cc1. The molecule has 0 N–H and O–H groups in total. The summed E-state index contributed by atoms with van der Waals surface area (Å²) in [6.07, 6.45) is 0.792. The van der Waals surface area contributed by atoms with Crippen LogP contribution < -0.4 is 14.2 Å². The lowest BCUT2D eigenvalue weighted by Crippen LogP contribution is -2.42. The molecule has 1 atom stereocenters. The number of hydrogen-bond donors (Lipinski definition) is 0. The van der Waals surface area contributed by atoms with E-state index in [1.807, 2.05) is 55.1 Å². The van der Waals surface area contributed by atoms with Crippen molar-refractivity contribution in [3.63, 3.8) is 0 Å². The zero-order valence-corrected chi connectivity index (χ0v) is 16.6. The zero-order valence-electron chi connectivity index (χ0n) is 16.6. The van der Waals surface area contributed by atoms with Crippen molar-refractivity contribution in [3.8, 4) is 17.2 Å². The van der Waals surface area contributed by atoms with Crippen molar-refractivity contribution in [1.82, 2.24) is 4.90 Å². The lowest BCUT2D eigenvalue weighted by Gasteiger charge is -2.39. The van der Waals surface area contributed by atoms with Gasteiger partial charge in [-0.3, -0.25) is 4.79 Å². The van der Waals surface area contributed by atoms with Gasteiger partial charge in [-0.25, -0.2) is 0 Å². The fraction of sp³-hybridized carbons (Fsp3) is 0.409. The molecule has 5 heteroatoms. The van der Waals surface area contributed by atoms with Crippen molar-refractivity contribution in [1.29, 1.82) is 0 Å². The van der Waals surface area contributed by atoms with E-state index in [-0.39, 0.29) is 17.9 Å². The molecule has 1 unspecified atom stereocenters. The summed E-state index contributed by atoms with van der Waals surface area (Å²) >= 11 is 0. The highest BCUT2D eigenvalue weighted by atomic mass is 16.5. The molecule has 0 aliphatic carbocycles. The van der Waals surface area contributed by atoms with Crippen molar-refractivity contribution in [2.24, 2.45) is 5.92 Å². The third-order valence-corrected chi connectivity index (χ3v) is 5.08. The minimum atomic E-state index is -0.158. The molecule has 1 heterocycles. The third kappa shape index (κ3) is 3.59. The predicted octanol–water partition coefficient (Wildman–Crippen LogP) is 3.84. The Balaban J connectivity index is 2.14. The van der Waals surface area contributed by atoms with Crippen molar-refractivity contribution >= 4 is 5.91 Å². The molecule has 5 nitrogen and oxygen atoms in total. The van der Waals surface area contributed by atoms with E-state index < -0.39 is 0 Å². The van der Waals surface area contributed by atoms with Crippen LogP contribution in [0.2, 0.25) is 0 Å². The molecular weight excluding hydrogens is 342 g/mol. The van der Waals surface area contributed by atoms with E-state index >= 15 is 0 Å². The topological polar surface area (TPSA) is 48.0 Å². The largest absolute Gasteiger partial charge is 0.497 e. The Hall–Kier alpha value is -2.69. The monoisotopic (exact) mass is 369 g/mol. The van der Waals surface area contributed by atoms with Gasteiger partial charge in [0.15, 0.2) is 11.5 Å². The Morgan fingerprint density at radius 1 is 1.00 bits per heavy atom. The summed E-state index contributed by atoms with van der Waals surface area (Å²) in [4.78, 5) is 14.9. The number of carbonyl (C=O) groups is 1. The third-order valence-electron chi connectivity index (χ3n) is 5.08. The maximum absolute atomic E-state index is 12.9. The standard InChI is InChI=1S/C22H27NO4/c1-14(2)22(24)23-11-10-16-12-19(26-4)20(27-5)13-18(16)21(23)15-6-8-17(25-3)9-7-15/h6-9,12-14,21H,10-11H2,1-5H3. The Morgan fingerprint density at radius 2 is 1.63 bits per heavy atom. The molecule has 27 heavy (non-hydrogen) atoms. The molecule has 0 fully saturated rings. The van der Waals surface area contributed by atoms with Crippen LogP contribution in [0.5, 0.6) is 17.2 Å². The summed E-state index contributed by atoms with van der Waals surface area (Å²) < 4.78 is 16.3. The number of hydrogen-bond acceptors (Lipinski definition) is 4. The first-order valence-electron chi connectivity index (χ1n) is 9.19. The van der Waals surface area contributed by atoms with Gasteiger partial charge in [-0.05, 0) is 47.4 Å². The molecule has 0 saturated heterocycles. The number of methoxy groups -OCH3 is 3. The van der Waals surface area contributed by atoms with Crippen LogP contribution in [0.1, 0.15) is 36.6 Å². The molecule has 1 amide bonds. The van der Waals surface area contributed by atoms with Crippen LogP contribution in [0, 0.1) is 5.92 Å². The highest BCUT2D eigenvalue weighted by molar-refractivity contribution is 5.79. The van der Waals surface area contributed by atoms with Gasteiger partial charge in [0.25, 0.3) is 0 Å². The van der Waals surface area contributed by atoms with E-state index in [1.54, 1.807) is 21.3 Å². The fourth-order valence-corrected chi connectivity index (χ4v) is 3.66. The molecule has 0 bridgehead atoms. The van der Waals surface area contributed by atoms with E-state index in [2.05, 4.69) is 0 Å². The second kappa shape index (κ2) is 7.91. The summed E-state index contributed by atoms with van der Waals surface area (Å²) in [5.41, 5.74) is 3.32. The maximum Gasteiger partial charge on any atom is 0.225 e. The molecule has 0 aromatic heterocycles. The van der Waals surface area contributed by atoms with Crippen molar-refractivity contribution in [2.45, 2.75) is 26.3 Å². The molecule has 3 rings (SSSR count).